The monoisotopic (exact) mass is 342 g/mol. The molecule has 0 fully saturated rings. The summed E-state index contributed by atoms with van der Waals surface area (Å²) >= 11 is 5.01. The molecule has 0 aliphatic rings. The Hall–Kier alpha value is -1.67. The summed E-state index contributed by atoms with van der Waals surface area (Å²) in [7, 11) is 1.86. The van der Waals surface area contributed by atoms with Crippen LogP contribution >= 0.6 is 27.3 Å². The molecule has 0 atom stereocenters. The first kappa shape index (κ1) is 13.8. The molecule has 0 saturated carbocycles. The average molecular weight is 343 g/mol. The lowest BCUT2D eigenvalue weighted by Gasteiger charge is -2.17. The summed E-state index contributed by atoms with van der Waals surface area (Å²) in [5.74, 6) is 0.534. The Morgan fingerprint density at radius 1 is 1.58 bits per heavy atom. The van der Waals surface area contributed by atoms with Gasteiger partial charge in [0.05, 0.1) is 8.71 Å². The Morgan fingerprint density at radius 2 is 2.32 bits per heavy atom. The molecule has 19 heavy (non-hydrogen) atoms. The predicted octanol–water partition coefficient (Wildman–Crippen LogP) is 3.03. The largest absolute Gasteiger partial charge is 0.378 e. The number of pyridine rings is 1. The van der Waals surface area contributed by atoms with Crippen LogP contribution in [0.3, 0.4) is 0 Å². The Kier molecular flexibility index (Phi) is 4.01. The Bertz CT molecular complexity index is 616. The lowest BCUT2D eigenvalue weighted by atomic mass is 10.3. The van der Waals surface area contributed by atoms with Crippen LogP contribution in [0.2, 0.25) is 0 Å². The predicted molar refractivity (Wildman–Crippen MR) is 79.4 cm³/mol. The summed E-state index contributed by atoms with van der Waals surface area (Å²) in [6.07, 6.45) is 0. The van der Waals surface area contributed by atoms with E-state index in [-0.39, 0.29) is 11.5 Å². The van der Waals surface area contributed by atoms with Crippen molar-refractivity contribution < 1.29 is 4.92 Å². The van der Waals surface area contributed by atoms with Crippen LogP contribution < -0.4 is 10.6 Å². The van der Waals surface area contributed by atoms with E-state index in [1.807, 2.05) is 23.4 Å². The zero-order valence-corrected chi connectivity index (χ0v) is 12.4. The number of halogens is 1. The molecule has 0 spiro atoms. The summed E-state index contributed by atoms with van der Waals surface area (Å²) in [4.78, 5) is 16.1. The zero-order valence-electron chi connectivity index (χ0n) is 10.0. The van der Waals surface area contributed by atoms with Gasteiger partial charge in [-0.1, -0.05) is 0 Å². The van der Waals surface area contributed by atoms with Crippen molar-refractivity contribution in [1.82, 2.24) is 4.98 Å². The first-order valence-electron chi connectivity index (χ1n) is 5.32. The van der Waals surface area contributed by atoms with E-state index >= 15 is 0 Å². The van der Waals surface area contributed by atoms with Crippen LogP contribution in [0.15, 0.2) is 27.4 Å². The van der Waals surface area contributed by atoms with Crippen molar-refractivity contribution in [2.75, 3.05) is 17.7 Å². The number of hydrogen-bond acceptors (Lipinski definition) is 6. The molecule has 2 aromatic heterocycles. The number of nitro groups is 1. The van der Waals surface area contributed by atoms with E-state index in [0.717, 1.165) is 9.35 Å². The Labute approximate surface area is 122 Å². The number of thiophene rings is 1. The summed E-state index contributed by atoms with van der Waals surface area (Å²) in [5, 5.41) is 12.7. The van der Waals surface area contributed by atoms with Gasteiger partial charge in [0.15, 0.2) is 0 Å². The van der Waals surface area contributed by atoms with Crippen LogP contribution in [0.25, 0.3) is 0 Å². The van der Waals surface area contributed by atoms with E-state index in [1.54, 1.807) is 17.4 Å². The SMILES string of the molecule is CN(Cc1csc(Br)c1)c1ccc([N+](=O)[O-])c(N)n1. The highest BCUT2D eigenvalue weighted by Gasteiger charge is 2.14. The minimum atomic E-state index is -0.540. The maximum Gasteiger partial charge on any atom is 0.311 e. The van der Waals surface area contributed by atoms with Gasteiger partial charge in [0.1, 0.15) is 5.82 Å². The highest BCUT2D eigenvalue weighted by atomic mass is 79.9. The van der Waals surface area contributed by atoms with Crippen LogP contribution in [0.4, 0.5) is 17.3 Å². The number of aromatic nitrogens is 1. The van der Waals surface area contributed by atoms with Crippen molar-refractivity contribution in [2.24, 2.45) is 0 Å². The van der Waals surface area contributed by atoms with Crippen molar-refractivity contribution in [3.8, 4) is 0 Å². The fourth-order valence-corrected chi connectivity index (χ4v) is 2.81. The average Bonchev–Trinajstić information content (AvgIpc) is 2.74. The van der Waals surface area contributed by atoms with Crippen molar-refractivity contribution in [3.05, 3.63) is 43.0 Å². The third kappa shape index (κ3) is 3.21. The van der Waals surface area contributed by atoms with E-state index in [0.29, 0.717) is 12.4 Å². The van der Waals surface area contributed by atoms with E-state index in [4.69, 9.17) is 5.73 Å². The van der Waals surface area contributed by atoms with Gasteiger partial charge in [-0.25, -0.2) is 4.98 Å². The minimum absolute atomic E-state index is 0.0687. The van der Waals surface area contributed by atoms with Gasteiger partial charge in [0.2, 0.25) is 5.82 Å². The summed E-state index contributed by atoms with van der Waals surface area (Å²) in [5.41, 5.74) is 6.54. The standard InChI is InChI=1S/C11H11BrN4O2S/c1-15(5-7-4-9(12)19-6-7)10-3-2-8(16(17)18)11(13)14-10/h2-4,6H,5H2,1H3,(H2,13,14). The van der Waals surface area contributed by atoms with Crippen molar-refractivity contribution in [3.63, 3.8) is 0 Å². The minimum Gasteiger partial charge on any atom is -0.378 e. The molecule has 0 unspecified atom stereocenters. The summed E-state index contributed by atoms with van der Waals surface area (Å²) in [6.45, 7) is 0.659. The van der Waals surface area contributed by atoms with Crippen molar-refractivity contribution in [1.29, 1.82) is 0 Å². The molecule has 100 valence electrons. The number of nitrogen functional groups attached to an aromatic ring is 1. The van der Waals surface area contributed by atoms with Crippen LogP contribution in [0.5, 0.6) is 0 Å². The molecule has 2 N–H and O–H groups in total. The molecule has 6 nitrogen and oxygen atoms in total. The summed E-state index contributed by atoms with van der Waals surface area (Å²) < 4.78 is 1.06. The number of nitrogens with zero attached hydrogens (tertiary/aromatic N) is 3. The maximum atomic E-state index is 10.7. The molecule has 0 bridgehead atoms. The molecule has 0 aliphatic carbocycles. The quantitative estimate of drug-likeness (QED) is 0.681. The lowest BCUT2D eigenvalue weighted by Crippen LogP contribution is -2.18. The van der Waals surface area contributed by atoms with Gasteiger partial charge in [-0.15, -0.1) is 11.3 Å². The lowest BCUT2D eigenvalue weighted by molar-refractivity contribution is -0.384. The number of hydrogen-bond donors (Lipinski definition) is 1. The van der Waals surface area contributed by atoms with Crippen LogP contribution in [0, 0.1) is 10.1 Å². The second-order valence-corrected chi connectivity index (χ2v) is 6.24. The first-order valence-corrected chi connectivity index (χ1v) is 6.99. The number of nitrogens with two attached hydrogens (primary N) is 1. The van der Waals surface area contributed by atoms with Crippen molar-refractivity contribution in [2.45, 2.75) is 6.54 Å². The maximum absolute atomic E-state index is 10.7. The van der Waals surface area contributed by atoms with Gasteiger partial charge in [-0.3, -0.25) is 10.1 Å². The third-order valence-corrected chi connectivity index (χ3v) is 4.07. The fourth-order valence-electron chi connectivity index (χ4n) is 1.61. The molecule has 2 aromatic rings. The van der Waals surface area contributed by atoms with E-state index in [1.165, 1.54) is 6.07 Å². The number of rotatable bonds is 4. The zero-order chi connectivity index (χ0) is 14.0. The second kappa shape index (κ2) is 5.54. The molecule has 0 aromatic carbocycles. The molecular weight excluding hydrogens is 332 g/mol. The smallest absolute Gasteiger partial charge is 0.311 e. The molecule has 0 radical (unpaired) electrons. The Balaban J connectivity index is 2.17. The molecule has 2 rings (SSSR count). The first-order chi connectivity index (χ1) is 8.97. The Morgan fingerprint density at radius 3 is 2.84 bits per heavy atom. The highest BCUT2D eigenvalue weighted by molar-refractivity contribution is 9.11. The molecule has 0 saturated heterocycles. The number of anilines is 2. The van der Waals surface area contributed by atoms with Gasteiger partial charge in [0.25, 0.3) is 0 Å². The molecule has 0 amide bonds. The summed E-state index contributed by atoms with van der Waals surface area (Å²) in [6, 6.07) is 4.99. The van der Waals surface area contributed by atoms with Crippen LogP contribution in [-0.4, -0.2) is 17.0 Å². The van der Waals surface area contributed by atoms with Crippen LogP contribution in [0.1, 0.15) is 5.56 Å². The third-order valence-electron chi connectivity index (χ3n) is 2.52. The molecular formula is C11H11BrN4O2S. The van der Waals surface area contributed by atoms with Gasteiger partial charge in [-0.05, 0) is 39.0 Å². The fraction of sp³-hybridized carbons (Fsp3) is 0.182. The van der Waals surface area contributed by atoms with Gasteiger partial charge >= 0.3 is 5.69 Å². The van der Waals surface area contributed by atoms with Gasteiger partial charge in [0, 0.05) is 19.7 Å². The van der Waals surface area contributed by atoms with Crippen LogP contribution in [-0.2, 0) is 6.54 Å². The topological polar surface area (TPSA) is 85.3 Å². The second-order valence-electron chi connectivity index (χ2n) is 3.95. The molecule has 0 aliphatic heterocycles. The van der Waals surface area contributed by atoms with E-state index < -0.39 is 4.92 Å². The highest BCUT2D eigenvalue weighted by Crippen LogP contribution is 2.25. The molecule has 8 heteroatoms. The van der Waals surface area contributed by atoms with E-state index in [2.05, 4.69) is 20.9 Å². The normalized spacial score (nSPS) is 10.4. The van der Waals surface area contributed by atoms with E-state index in [9.17, 15) is 10.1 Å². The van der Waals surface area contributed by atoms with Crippen molar-refractivity contribution >= 4 is 44.6 Å². The van der Waals surface area contributed by atoms with Gasteiger partial charge < -0.3 is 10.6 Å². The molecule has 2 heterocycles. The van der Waals surface area contributed by atoms with Gasteiger partial charge in [-0.2, -0.15) is 0 Å².